The summed E-state index contributed by atoms with van der Waals surface area (Å²) in [5.41, 5.74) is 0. The lowest BCUT2D eigenvalue weighted by atomic mass is 9.85. The van der Waals surface area contributed by atoms with Crippen LogP contribution in [0.4, 0.5) is 0 Å². The van der Waals surface area contributed by atoms with Crippen molar-refractivity contribution in [3.63, 3.8) is 0 Å². The standard InChI is InChI=1S/C12H19N3O/c1-2-7-10(6-1)13-8-11-14-12(15-16-11)9-4-3-5-9/h9-10,13H,1-8H2. The van der Waals surface area contributed by atoms with Crippen LogP contribution in [0.1, 0.15) is 62.6 Å². The Morgan fingerprint density at radius 2 is 1.94 bits per heavy atom. The fraction of sp³-hybridized carbons (Fsp3) is 0.833. The van der Waals surface area contributed by atoms with E-state index in [0.29, 0.717) is 12.0 Å². The lowest BCUT2D eigenvalue weighted by molar-refractivity contribution is 0.336. The minimum absolute atomic E-state index is 0.573. The quantitative estimate of drug-likeness (QED) is 0.848. The minimum Gasteiger partial charge on any atom is -0.338 e. The first-order valence-electron chi connectivity index (χ1n) is 6.47. The van der Waals surface area contributed by atoms with Gasteiger partial charge in [0.2, 0.25) is 5.89 Å². The molecule has 2 aliphatic rings. The van der Waals surface area contributed by atoms with E-state index in [9.17, 15) is 0 Å². The van der Waals surface area contributed by atoms with E-state index in [4.69, 9.17) is 4.52 Å². The maximum Gasteiger partial charge on any atom is 0.240 e. The molecule has 1 aromatic heterocycles. The molecule has 0 saturated heterocycles. The highest BCUT2D eigenvalue weighted by atomic mass is 16.5. The number of rotatable bonds is 4. The van der Waals surface area contributed by atoms with Crippen LogP contribution in [0.15, 0.2) is 4.52 Å². The van der Waals surface area contributed by atoms with Gasteiger partial charge in [0.1, 0.15) is 0 Å². The lowest BCUT2D eigenvalue weighted by Gasteiger charge is -2.20. The molecule has 16 heavy (non-hydrogen) atoms. The first-order chi connectivity index (χ1) is 7.92. The summed E-state index contributed by atoms with van der Waals surface area (Å²) < 4.78 is 5.26. The normalized spacial score (nSPS) is 22.5. The molecule has 1 N–H and O–H groups in total. The van der Waals surface area contributed by atoms with Crippen LogP contribution >= 0.6 is 0 Å². The zero-order valence-corrected chi connectivity index (χ0v) is 9.61. The summed E-state index contributed by atoms with van der Waals surface area (Å²) in [7, 11) is 0. The smallest absolute Gasteiger partial charge is 0.240 e. The molecule has 2 fully saturated rings. The molecule has 4 heteroatoms. The van der Waals surface area contributed by atoms with Gasteiger partial charge in [-0.1, -0.05) is 24.4 Å². The second kappa shape index (κ2) is 4.53. The van der Waals surface area contributed by atoms with Gasteiger partial charge >= 0.3 is 0 Å². The summed E-state index contributed by atoms with van der Waals surface area (Å²) in [6.07, 6.45) is 9.08. The van der Waals surface area contributed by atoms with Gasteiger partial charge in [-0.2, -0.15) is 4.98 Å². The number of hydrogen-bond donors (Lipinski definition) is 1. The molecule has 0 spiro atoms. The Kier molecular flexibility index (Phi) is 2.91. The van der Waals surface area contributed by atoms with Crippen molar-refractivity contribution in [3.8, 4) is 0 Å². The van der Waals surface area contributed by atoms with Crippen molar-refractivity contribution in [2.75, 3.05) is 0 Å². The number of nitrogens with zero attached hydrogens (tertiary/aromatic N) is 2. The van der Waals surface area contributed by atoms with Crippen molar-refractivity contribution < 1.29 is 4.52 Å². The van der Waals surface area contributed by atoms with Crippen LogP contribution in [0.3, 0.4) is 0 Å². The fourth-order valence-electron chi connectivity index (χ4n) is 2.53. The summed E-state index contributed by atoms with van der Waals surface area (Å²) in [5, 5.41) is 7.55. The second-order valence-electron chi connectivity index (χ2n) is 5.04. The Morgan fingerprint density at radius 1 is 1.12 bits per heavy atom. The summed E-state index contributed by atoms with van der Waals surface area (Å²) in [5.74, 6) is 2.26. The van der Waals surface area contributed by atoms with Crippen molar-refractivity contribution >= 4 is 0 Å². The first-order valence-corrected chi connectivity index (χ1v) is 6.47. The molecule has 0 amide bonds. The van der Waals surface area contributed by atoms with Gasteiger partial charge in [0.15, 0.2) is 5.82 Å². The highest BCUT2D eigenvalue weighted by Gasteiger charge is 2.24. The van der Waals surface area contributed by atoms with Crippen LogP contribution in [-0.4, -0.2) is 16.2 Å². The van der Waals surface area contributed by atoms with E-state index >= 15 is 0 Å². The summed E-state index contributed by atoms with van der Waals surface area (Å²) in [6, 6.07) is 0.666. The number of hydrogen-bond acceptors (Lipinski definition) is 4. The fourth-order valence-corrected chi connectivity index (χ4v) is 2.53. The Morgan fingerprint density at radius 3 is 2.62 bits per heavy atom. The van der Waals surface area contributed by atoms with E-state index in [1.54, 1.807) is 0 Å². The van der Waals surface area contributed by atoms with Crippen LogP contribution in [0, 0.1) is 0 Å². The number of aromatic nitrogens is 2. The summed E-state index contributed by atoms with van der Waals surface area (Å²) in [6.45, 7) is 0.740. The summed E-state index contributed by atoms with van der Waals surface area (Å²) in [4.78, 5) is 4.45. The van der Waals surface area contributed by atoms with Crippen LogP contribution in [0.25, 0.3) is 0 Å². The monoisotopic (exact) mass is 221 g/mol. The highest BCUT2D eigenvalue weighted by molar-refractivity contribution is 4.99. The third-order valence-electron chi connectivity index (χ3n) is 3.85. The predicted octanol–water partition coefficient (Wildman–Crippen LogP) is 2.37. The molecular weight excluding hydrogens is 202 g/mol. The topological polar surface area (TPSA) is 51.0 Å². The van der Waals surface area contributed by atoms with Crippen molar-refractivity contribution in [3.05, 3.63) is 11.7 Å². The summed E-state index contributed by atoms with van der Waals surface area (Å²) >= 11 is 0. The van der Waals surface area contributed by atoms with Crippen molar-refractivity contribution in [1.82, 2.24) is 15.5 Å². The number of nitrogens with one attached hydrogen (secondary N) is 1. The maximum atomic E-state index is 5.26. The van der Waals surface area contributed by atoms with Gasteiger partial charge in [-0.25, -0.2) is 0 Å². The van der Waals surface area contributed by atoms with Crippen LogP contribution in [-0.2, 0) is 6.54 Å². The molecule has 1 heterocycles. The molecule has 2 aliphatic carbocycles. The molecule has 0 aromatic carbocycles. The Balaban J connectivity index is 1.51. The second-order valence-corrected chi connectivity index (χ2v) is 5.04. The van der Waals surface area contributed by atoms with Crippen LogP contribution in [0.2, 0.25) is 0 Å². The van der Waals surface area contributed by atoms with E-state index in [-0.39, 0.29) is 0 Å². The molecule has 1 aromatic rings. The van der Waals surface area contributed by atoms with Gasteiger partial charge < -0.3 is 9.84 Å². The molecule has 0 radical (unpaired) electrons. The largest absolute Gasteiger partial charge is 0.338 e. The third-order valence-corrected chi connectivity index (χ3v) is 3.85. The zero-order valence-electron chi connectivity index (χ0n) is 9.61. The Labute approximate surface area is 95.8 Å². The van der Waals surface area contributed by atoms with Crippen LogP contribution < -0.4 is 5.32 Å². The van der Waals surface area contributed by atoms with Gasteiger partial charge in [0, 0.05) is 12.0 Å². The minimum atomic E-state index is 0.573. The zero-order chi connectivity index (χ0) is 10.8. The molecule has 0 atom stereocenters. The highest BCUT2D eigenvalue weighted by Crippen LogP contribution is 2.34. The van der Waals surface area contributed by atoms with Gasteiger partial charge in [-0.15, -0.1) is 0 Å². The molecule has 4 nitrogen and oxygen atoms in total. The molecule has 2 saturated carbocycles. The molecule has 0 aliphatic heterocycles. The molecule has 0 unspecified atom stereocenters. The predicted molar refractivity (Wildman–Crippen MR) is 60.0 cm³/mol. The maximum absolute atomic E-state index is 5.26. The Hall–Kier alpha value is -0.900. The van der Waals surface area contributed by atoms with Crippen molar-refractivity contribution in [1.29, 1.82) is 0 Å². The van der Waals surface area contributed by atoms with Gasteiger partial charge in [0.25, 0.3) is 0 Å². The van der Waals surface area contributed by atoms with Gasteiger partial charge in [-0.05, 0) is 25.7 Å². The van der Waals surface area contributed by atoms with Gasteiger partial charge in [0.05, 0.1) is 6.54 Å². The van der Waals surface area contributed by atoms with E-state index in [0.717, 1.165) is 18.3 Å². The SMILES string of the molecule is C1CCC(NCc2nc(C3CCC3)no2)C1. The van der Waals surface area contributed by atoms with Crippen LogP contribution in [0.5, 0.6) is 0 Å². The molecule has 88 valence electrons. The van der Waals surface area contributed by atoms with E-state index in [2.05, 4.69) is 15.5 Å². The molecule has 3 rings (SSSR count). The average Bonchev–Trinajstić information content (AvgIpc) is 2.81. The Bertz CT molecular complexity index is 340. The molecular formula is C12H19N3O. The van der Waals surface area contributed by atoms with E-state index < -0.39 is 0 Å². The lowest BCUT2D eigenvalue weighted by Crippen LogP contribution is -2.25. The van der Waals surface area contributed by atoms with Crippen molar-refractivity contribution in [2.45, 2.75) is 63.5 Å². The van der Waals surface area contributed by atoms with Gasteiger partial charge in [-0.3, -0.25) is 0 Å². The average molecular weight is 221 g/mol. The first kappa shape index (κ1) is 10.3. The third kappa shape index (κ3) is 2.12. The molecule has 0 bridgehead atoms. The van der Waals surface area contributed by atoms with E-state index in [1.165, 1.54) is 44.9 Å². The van der Waals surface area contributed by atoms with E-state index in [1.807, 2.05) is 0 Å². The van der Waals surface area contributed by atoms with Crippen molar-refractivity contribution in [2.24, 2.45) is 0 Å².